The van der Waals surface area contributed by atoms with Crippen LogP contribution in [0.3, 0.4) is 0 Å². The van der Waals surface area contributed by atoms with Gasteiger partial charge in [0.2, 0.25) is 5.91 Å². The highest BCUT2D eigenvalue weighted by atomic mass is 127. The lowest BCUT2D eigenvalue weighted by Crippen LogP contribution is -2.40. The second-order valence-electron chi connectivity index (χ2n) is 6.36. The molecule has 154 valence electrons. The van der Waals surface area contributed by atoms with Crippen LogP contribution in [-0.2, 0) is 4.79 Å². The van der Waals surface area contributed by atoms with Gasteiger partial charge in [-0.1, -0.05) is 18.2 Å². The fourth-order valence-corrected chi connectivity index (χ4v) is 3.05. The highest BCUT2D eigenvalue weighted by Gasteiger charge is 2.12. The van der Waals surface area contributed by atoms with Gasteiger partial charge in [0, 0.05) is 31.3 Å². The molecule has 6 nitrogen and oxygen atoms in total. The van der Waals surface area contributed by atoms with E-state index in [4.69, 9.17) is 4.42 Å². The van der Waals surface area contributed by atoms with E-state index in [1.165, 1.54) is 9.80 Å². The van der Waals surface area contributed by atoms with Gasteiger partial charge >= 0.3 is 0 Å². The van der Waals surface area contributed by atoms with Gasteiger partial charge in [0.15, 0.2) is 5.96 Å². The van der Waals surface area contributed by atoms with Crippen molar-refractivity contribution in [3.8, 4) is 0 Å². The zero-order valence-electron chi connectivity index (χ0n) is 16.8. The van der Waals surface area contributed by atoms with Gasteiger partial charge in [-0.3, -0.25) is 4.79 Å². The normalized spacial score (nSPS) is 12.1. The summed E-state index contributed by atoms with van der Waals surface area (Å²) < 4.78 is 5.67. The number of carbonyl (C=O) groups is 1. The van der Waals surface area contributed by atoms with E-state index in [0.29, 0.717) is 5.96 Å². The van der Waals surface area contributed by atoms with Gasteiger partial charge in [-0.05, 0) is 38.1 Å². The van der Waals surface area contributed by atoms with E-state index < -0.39 is 0 Å². The molecule has 2 aromatic rings. The Balaban J connectivity index is 0.00000392. The predicted molar refractivity (Wildman–Crippen MR) is 127 cm³/mol. The Morgan fingerprint density at radius 2 is 1.93 bits per heavy atom. The molecule has 0 saturated carbocycles. The Kier molecular flexibility index (Phi) is 11.1. The topological polar surface area (TPSA) is 69.9 Å². The maximum Gasteiger partial charge on any atom is 0.243 e. The molecule has 0 aliphatic carbocycles. The number of guanidine groups is 1. The van der Waals surface area contributed by atoms with E-state index in [1.807, 2.05) is 44.2 Å². The number of likely N-dealkylation sites (N-methyl/N-ethyl adjacent to an activating group) is 1. The Hall–Kier alpha value is -1.68. The minimum atomic E-state index is -0.0545. The standard InChI is InChI=1S/C20H28N4O2S.HI/c1-15-10-11-18(26-15)16(2)23-20(22-14-19(25)24(3)4)21-12-13-27-17-8-6-5-7-9-17;/h5-11,16H,12-14H2,1-4H3,(H2,21,22,23);1H. The molecule has 1 aromatic heterocycles. The first-order chi connectivity index (χ1) is 13.0. The number of furan rings is 1. The fraction of sp³-hybridized carbons (Fsp3) is 0.400. The highest BCUT2D eigenvalue weighted by molar-refractivity contribution is 14.0. The molecule has 0 bridgehead atoms. The van der Waals surface area contributed by atoms with E-state index >= 15 is 0 Å². The van der Waals surface area contributed by atoms with Crippen LogP contribution in [0, 0.1) is 6.92 Å². The minimum absolute atomic E-state index is 0. The average Bonchev–Trinajstić information content (AvgIpc) is 3.10. The average molecular weight is 516 g/mol. The number of halogens is 1. The number of nitrogens with one attached hydrogen (secondary N) is 2. The van der Waals surface area contributed by atoms with E-state index in [1.54, 1.807) is 25.9 Å². The van der Waals surface area contributed by atoms with Gasteiger partial charge in [-0.2, -0.15) is 0 Å². The molecule has 0 fully saturated rings. The Bertz CT molecular complexity index is 750. The van der Waals surface area contributed by atoms with E-state index in [-0.39, 0.29) is 42.5 Å². The number of aryl methyl sites for hydroxylation is 1. The number of benzene rings is 1. The summed E-state index contributed by atoms with van der Waals surface area (Å²) >= 11 is 1.77. The van der Waals surface area contributed by atoms with Gasteiger partial charge in [-0.25, -0.2) is 4.99 Å². The fourth-order valence-electron chi connectivity index (χ4n) is 2.26. The van der Waals surface area contributed by atoms with Crippen molar-refractivity contribution in [3.05, 3.63) is 54.0 Å². The van der Waals surface area contributed by atoms with Crippen LogP contribution in [0.5, 0.6) is 0 Å². The summed E-state index contributed by atoms with van der Waals surface area (Å²) in [6.45, 7) is 4.74. The predicted octanol–water partition coefficient (Wildman–Crippen LogP) is 3.68. The van der Waals surface area contributed by atoms with E-state index in [2.05, 4.69) is 27.8 Å². The molecule has 0 aliphatic heterocycles. The molecule has 2 N–H and O–H groups in total. The summed E-state index contributed by atoms with van der Waals surface area (Å²) in [5.41, 5.74) is 0. The zero-order valence-corrected chi connectivity index (χ0v) is 19.9. The minimum Gasteiger partial charge on any atom is -0.464 e. The van der Waals surface area contributed by atoms with Crippen LogP contribution in [-0.4, -0.2) is 49.7 Å². The molecule has 0 saturated heterocycles. The molecule has 28 heavy (non-hydrogen) atoms. The van der Waals surface area contributed by atoms with Crippen LogP contribution < -0.4 is 10.6 Å². The maximum absolute atomic E-state index is 11.9. The van der Waals surface area contributed by atoms with Crippen molar-refractivity contribution in [2.45, 2.75) is 24.8 Å². The SMILES string of the molecule is Cc1ccc(C(C)NC(=NCC(=O)N(C)C)NCCSc2ccccc2)o1.I. The maximum atomic E-state index is 11.9. The molecular weight excluding hydrogens is 487 g/mol. The molecule has 2 rings (SSSR count). The summed E-state index contributed by atoms with van der Waals surface area (Å²) in [7, 11) is 3.45. The quantitative estimate of drug-likeness (QED) is 0.184. The molecule has 1 heterocycles. The van der Waals surface area contributed by atoms with Crippen LogP contribution in [0.4, 0.5) is 0 Å². The third-order valence-corrected chi connectivity index (χ3v) is 4.83. The number of hydrogen-bond donors (Lipinski definition) is 2. The molecule has 0 radical (unpaired) electrons. The largest absolute Gasteiger partial charge is 0.464 e. The molecule has 0 spiro atoms. The second-order valence-corrected chi connectivity index (χ2v) is 7.52. The first-order valence-corrected chi connectivity index (χ1v) is 9.93. The van der Waals surface area contributed by atoms with Crippen molar-refractivity contribution in [1.29, 1.82) is 0 Å². The number of rotatable bonds is 8. The van der Waals surface area contributed by atoms with Gasteiger partial charge < -0.3 is 20.0 Å². The number of nitrogens with zero attached hydrogens (tertiary/aromatic N) is 2. The van der Waals surface area contributed by atoms with Crippen molar-refractivity contribution in [2.75, 3.05) is 32.9 Å². The summed E-state index contributed by atoms with van der Waals surface area (Å²) in [6.07, 6.45) is 0. The molecule has 0 aliphatic rings. The number of carbonyl (C=O) groups excluding carboxylic acids is 1. The lowest BCUT2D eigenvalue weighted by Gasteiger charge is -2.17. The van der Waals surface area contributed by atoms with Crippen molar-refractivity contribution in [2.24, 2.45) is 4.99 Å². The van der Waals surface area contributed by atoms with Crippen molar-refractivity contribution in [1.82, 2.24) is 15.5 Å². The number of thioether (sulfide) groups is 1. The van der Waals surface area contributed by atoms with Gasteiger partial charge in [-0.15, -0.1) is 35.7 Å². The van der Waals surface area contributed by atoms with Crippen LogP contribution in [0.15, 0.2) is 56.8 Å². The highest BCUT2D eigenvalue weighted by Crippen LogP contribution is 2.16. The van der Waals surface area contributed by atoms with Crippen LogP contribution in [0.1, 0.15) is 24.5 Å². The van der Waals surface area contributed by atoms with Gasteiger partial charge in [0.25, 0.3) is 0 Å². The first-order valence-electron chi connectivity index (χ1n) is 8.95. The lowest BCUT2D eigenvalue weighted by molar-refractivity contribution is -0.127. The molecule has 8 heteroatoms. The first kappa shape index (κ1) is 24.4. The molecule has 1 aromatic carbocycles. The third-order valence-electron chi connectivity index (χ3n) is 3.82. The monoisotopic (exact) mass is 516 g/mol. The molecule has 1 unspecified atom stereocenters. The Labute approximate surface area is 188 Å². The third kappa shape index (κ3) is 8.55. The van der Waals surface area contributed by atoms with Crippen LogP contribution in [0.2, 0.25) is 0 Å². The zero-order chi connectivity index (χ0) is 19.6. The number of hydrogen-bond acceptors (Lipinski definition) is 4. The summed E-state index contributed by atoms with van der Waals surface area (Å²) in [6, 6.07) is 14.1. The molecule has 1 atom stereocenters. The summed E-state index contributed by atoms with van der Waals surface area (Å²) in [4.78, 5) is 19.0. The van der Waals surface area contributed by atoms with Crippen molar-refractivity contribution in [3.63, 3.8) is 0 Å². The second kappa shape index (κ2) is 12.7. The Morgan fingerprint density at radius 3 is 2.54 bits per heavy atom. The number of amides is 1. The summed E-state index contributed by atoms with van der Waals surface area (Å²) in [5.74, 6) is 3.14. The smallest absolute Gasteiger partial charge is 0.243 e. The van der Waals surface area contributed by atoms with Crippen LogP contribution in [0.25, 0.3) is 0 Å². The van der Waals surface area contributed by atoms with E-state index in [0.717, 1.165) is 23.8 Å². The Morgan fingerprint density at radius 1 is 1.21 bits per heavy atom. The van der Waals surface area contributed by atoms with Crippen molar-refractivity contribution >= 4 is 47.6 Å². The van der Waals surface area contributed by atoms with Gasteiger partial charge in [0.1, 0.15) is 18.1 Å². The lowest BCUT2D eigenvalue weighted by atomic mass is 10.2. The molecular formula is C20H29IN4O2S. The number of aliphatic imine (C=N–C) groups is 1. The van der Waals surface area contributed by atoms with E-state index in [9.17, 15) is 4.79 Å². The van der Waals surface area contributed by atoms with Crippen molar-refractivity contribution < 1.29 is 9.21 Å². The molecule has 1 amide bonds. The van der Waals surface area contributed by atoms with Crippen LogP contribution >= 0.6 is 35.7 Å². The van der Waals surface area contributed by atoms with Gasteiger partial charge in [0.05, 0.1) is 6.04 Å². The summed E-state index contributed by atoms with van der Waals surface area (Å²) in [5, 5.41) is 6.60.